The van der Waals surface area contributed by atoms with Gasteiger partial charge in [-0.25, -0.2) is 9.78 Å². The van der Waals surface area contributed by atoms with E-state index in [1.54, 1.807) is 13.3 Å². The molecule has 7 nitrogen and oxygen atoms in total. The van der Waals surface area contributed by atoms with Crippen molar-refractivity contribution in [2.45, 2.75) is 80.5 Å². The van der Waals surface area contributed by atoms with Crippen LogP contribution in [0.4, 0.5) is 9.93 Å². The van der Waals surface area contributed by atoms with Gasteiger partial charge in [-0.05, 0) is 44.4 Å². The number of carbonyl (C=O) groups excluding carboxylic acids is 1. The lowest BCUT2D eigenvalue weighted by Gasteiger charge is -2.41. The summed E-state index contributed by atoms with van der Waals surface area (Å²) in [5, 5.41) is 12.4. The number of hydrogen-bond donors (Lipinski definition) is 2. The summed E-state index contributed by atoms with van der Waals surface area (Å²) in [6.07, 6.45) is 12.9. The van der Waals surface area contributed by atoms with Crippen LogP contribution in [0.1, 0.15) is 64.2 Å². The lowest BCUT2D eigenvalue weighted by molar-refractivity contribution is -0.133. The third-order valence-corrected chi connectivity index (χ3v) is 8.19. The molecule has 0 atom stereocenters. The lowest BCUT2D eigenvalue weighted by Crippen LogP contribution is -2.50. The Labute approximate surface area is 187 Å². The molecule has 0 unspecified atom stereocenters. The van der Waals surface area contributed by atoms with E-state index < -0.39 is 5.97 Å². The zero-order chi connectivity index (χ0) is 21.3. The number of nitrogens with zero attached hydrogens (tertiary/aromatic N) is 2. The number of carbonyl (C=O) groups is 2. The van der Waals surface area contributed by atoms with Crippen LogP contribution in [0.25, 0.3) is 0 Å². The second-order valence-corrected chi connectivity index (χ2v) is 10.6. The molecule has 1 heterocycles. The molecule has 0 radical (unpaired) electrons. The van der Waals surface area contributed by atoms with Gasteiger partial charge in [0.2, 0.25) is 0 Å². The predicted octanol–water partition coefficient (Wildman–Crippen LogP) is 5.08. The molecule has 3 rings (SSSR count). The highest BCUT2D eigenvalue weighted by Gasteiger charge is 2.34. The van der Waals surface area contributed by atoms with Gasteiger partial charge in [-0.1, -0.05) is 37.0 Å². The molecule has 2 saturated carbocycles. The summed E-state index contributed by atoms with van der Waals surface area (Å²) >= 11 is 2.57. The number of methoxy groups -OCH3 is 1. The van der Waals surface area contributed by atoms with E-state index in [4.69, 9.17) is 9.84 Å². The van der Waals surface area contributed by atoms with Crippen molar-refractivity contribution in [1.29, 1.82) is 0 Å². The first kappa shape index (κ1) is 23.3. The predicted molar refractivity (Wildman–Crippen MR) is 120 cm³/mol. The molecule has 0 bridgehead atoms. The Morgan fingerprint density at radius 2 is 1.83 bits per heavy atom. The van der Waals surface area contributed by atoms with Crippen molar-refractivity contribution in [3.8, 4) is 0 Å². The molecule has 2 aliphatic rings. The highest BCUT2D eigenvalue weighted by atomic mass is 32.2. The number of nitrogens with one attached hydrogen (secondary N) is 1. The molecule has 2 N–H and O–H groups in total. The van der Waals surface area contributed by atoms with Crippen LogP contribution in [0.15, 0.2) is 10.4 Å². The van der Waals surface area contributed by atoms with Gasteiger partial charge < -0.3 is 14.7 Å². The van der Waals surface area contributed by atoms with Crippen LogP contribution in [0.2, 0.25) is 0 Å². The highest BCUT2D eigenvalue weighted by Crippen LogP contribution is 2.34. The van der Waals surface area contributed by atoms with Gasteiger partial charge in [-0.15, -0.1) is 11.8 Å². The Hall–Kier alpha value is -1.32. The third-order valence-electron chi connectivity index (χ3n) is 6.10. The van der Waals surface area contributed by atoms with Crippen LogP contribution in [0, 0.1) is 5.92 Å². The Bertz CT molecular complexity index is 684. The Morgan fingerprint density at radius 1 is 1.17 bits per heavy atom. The maximum Gasteiger partial charge on any atom is 0.324 e. The topological polar surface area (TPSA) is 91.8 Å². The van der Waals surface area contributed by atoms with Gasteiger partial charge in [0.1, 0.15) is 0 Å². The summed E-state index contributed by atoms with van der Waals surface area (Å²) in [6.45, 7) is 0.804. The number of hydrogen-bond acceptors (Lipinski definition) is 6. The summed E-state index contributed by atoms with van der Waals surface area (Å²) < 4.78 is 6.13. The van der Waals surface area contributed by atoms with Crippen LogP contribution in [0.3, 0.4) is 0 Å². The van der Waals surface area contributed by atoms with Gasteiger partial charge in [0.15, 0.2) is 5.13 Å². The summed E-state index contributed by atoms with van der Waals surface area (Å²) in [4.78, 5) is 30.5. The number of anilines is 1. The first-order chi connectivity index (χ1) is 14.6. The van der Waals surface area contributed by atoms with Crippen molar-refractivity contribution < 1.29 is 19.4 Å². The SMILES string of the molecule is COCC1CCC(N(C(=O)Nc2ncc(SCC(=O)O)s2)C2CCCCCC2)CC1. The molecule has 30 heavy (non-hydrogen) atoms. The number of thioether (sulfide) groups is 1. The Kier molecular flexibility index (Phi) is 9.27. The van der Waals surface area contributed by atoms with Gasteiger partial charge in [0.25, 0.3) is 0 Å². The van der Waals surface area contributed by atoms with Crippen molar-refractivity contribution in [2.24, 2.45) is 5.92 Å². The molecular weight excluding hydrogens is 422 g/mol. The summed E-state index contributed by atoms with van der Waals surface area (Å²) in [5.41, 5.74) is 0. The number of aliphatic carboxylic acids is 1. The first-order valence-electron chi connectivity index (χ1n) is 11.0. The fraction of sp³-hybridized carbons (Fsp3) is 0.762. The van der Waals surface area contributed by atoms with Crippen LogP contribution in [-0.4, -0.2) is 58.5 Å². The fourth-order valence-electron chi connectivity index (χ4n) is 4.66. The van der Waals surface area contributed by atoms with Crippen molar-refractivity contribution in [3.63, 3.8) is 0 Å². The normalized spacial score (nSPS) is 23.0. The van der Waals surface area contributed by atoms with Gasteiger partial charge >= 0.3 is 12.0 Å². The van der Waals surface area contributed by atoms with E-state index >= 15 is 0 Å². The number of thiazole rings is 1. The standard InChI is InChI=1S/C21H33N3O4S2/c1-28-13-15-8-10-17(11-9-15)24(16-6-4-2-3-5-7-16)21(27)23-20-22-12-19(30-20)29-14-18(25)26/h12,15-17H,2-11,13-14H2,1H3,(H,25,26)(H,22,23,27). The summed E-state index contributed by atoms with van der Waals surface area (Å²) in [7, 11) is 1.76. The molecule has 168 valence electrons. The number of urea groups is 1. The number of rotatable bonds is 8. The molecule has 1 aromatic rings. The van der Waals surface area contributed by atoms with Crippen LogP contribution < -0.4 is 5.32 Å². The zero-order valence-electron chi connectivity index (χ0n) is 17.7. The smallest absolute Gasteiger partial charge is 0.324 e. The average Bonchev–Trinajstić information content (AvgIpc) is 3.00. The van der Waals surface area contributed by atoms with E-state index in [2.05, 4.69) is 15.2 Å². The van der Waals surface area contributed by atoms with Gasteiger partial charge in [-0.2, -0.15) is 0 Å². The van der Waals surface area contributed by atoms with Gasteiger partial charge in [0, 0.05) is 25.8 Å². The largest absolute Gasteiger partial charge is 0.481 e. The highest BCUT2D eigenvalue weighted by molar-refractivity contribution is 8.01. The molecule has 9 heteroatoms. The second-order valence-electron chi connectivity index (χ2n) is 8.28. The van der Waals surface area contributed by atoms with Crippen molar-refractivity contribution in [3.05, 3.63) is 6.20 Å². The molecule has 0 spiro atoms. The van der Waals surface area contributed by atoms with E-state index in [1.165, 1.54) is 48.8 Å². The van der Waals surface area contributed by atoms with E-state index in [-0.39, 0.29) is 23.9 Å². The maximum atomic E-state index is 13.4. The number of aromatic nitrogens is 1. The maximum absolute atomic E-state index is 13.4. The molecule has 2 fully saturated rings. The summed E-state index contributed by atoms with van der Waals surface area (Å²) in [6, 6.07) is 0.501. The molecule has 0 aliphatic heterocycles. The number of amides is 2. The average molecular weight is 456 g/mol. The van der Waals surface area contributed by atoms with Crippen LogP contribution in [0.5, 0.6) is 0 Å². The van der Waals surface area contributed by atoms with Crippen molar-refractivity contribution in [2.75, 3.05) is 24.8 Å². The van der Waals surface area contributed by atoms with E-state index in [0.717, 1.165) is 49.3 Å². The van der Waals surface area contributed by atoms with Gasteiger partial charge in [-0.3, -0.25) is 10.1 Å². The first-order valence-corrected chi connectivity index (χ1v) is 12.8. The Morgan fingerprint density at radius 3 is 2.47 bits per heavy atom. The quantitative estimate of drug-likeness (QED) is 0.419. The third kappa shape index (κ3) is 6.85. The van der Waals surface area contributed by atoms with E-state index in [9.17, 15) is 9.59 Å². The number of carboxylic acids is 1. The Balaban J connectivity index is 1.66. The molecule has 2 amide bonds. The minimum Gasteiger partial charge on any atom is -0.481 e. The molecular formula is C21H33N3O4S2. The minimum absolute atomic E-state index is 0.00546. The second kappa shape index (κ2) is 11.9. The minimum atomic E-state index is -0.859. The van der Waals surface area contributed by atoms with Crippen LogP contribution >= 0.6 is 23.1 Å². The lowest BCUT2D eigenvalue weighted by atomic mass is 9.85. The molecule has 1 aromatic heterocycles. The van der Waals surface area contributed by atoms with Crippen molar-refractivity contribution >= 4 is 40.2 Å². The van der Waals surface area contributed by atoms with E-state index in [0.29, 0.717) is 11.0 Å². The zero-order valence-corrected chi connectivity index (χ0v) is 19.3. The van der Waals surface area contributed by atoms with Crippen LogP contribution in [-0.2, 0) is 9.53 Å². The molecule has 0 aromatic carbocycles. The van der Waals surface area contributed by atoms with E-state index in [1.807, 2.05) is 0 Å². The van der Waals surface area contributed by atoms with Gasteiger partial charge in [0.05, 0.1) is 16.2 Å². The molecule has 0 saturated heterocycles. The molecule has 2 aliphatic carbocycles. The number of ether oxygens (including phenoxy) is 1. The van der Waals surface area contributed by atoms with Crippen molar-refractivity contribution in [1.82, 2.24) is 9.88 Å². The summed E-state index contributed by atoms with van der Waals surface area (Å²) in [5.74, 6) is -0.269. The number of carboxylic acid groups (broad SMARTS) is 1. The monoisotopic (exact) mass is 455 g/mol. The fourth-order valence-corrected chi connectivity index (χ4v) is 6.25.